The molecule has 0 spiro atoms. The van der Waals surface area contributed by atoms with Crippen LogP contribution in [0.15, 0.2) is 43.7 Å². The molecule has 24 heavy (non-hydrogen) atoms. The van der Waals surface area contributed by atoms with Gasteiger partial charge in [-0.3, -0.25) is 0 Å². The highest BCUT2D eigenvalue weighted by Crippen LogP contribution is 2.27. The normalized spacial score (nSPS) is 13.7. The predicted octanol–water partition coefficient (Wildman–Crippen LogP) is 2.18. The number of fused-ring (bicyclic) bond motifs is 2. The number of aromatic nitrogens is 3. The molecule has 3 aromatic rings. The van der Waals surface area contributed by atoms with Gasteiger partial charge in [0.2, 0.25) is 5.16 Å². The van der Waals surface area contributed by atoms with Crippen molar-refractivity contribution in [3.63, 3.8) is 0 Å². The van der Waals surface area contributed by atoms with Crippen molar-refractivity contribution in [1.29, 1.82) is 0 Å². The van der Waals surface area contributed by atoms with Gasteiger partial charge >= 0.3 is 5.63 Å². The molecule has 0 amide bonds. The van der Waals surface area contributed by atoms with Crippen LogP contribution in [-0.2, 0) is 5.75 Å². The van der Waals surface area contributed by atoms with Crippen LogP contribution in [0, 0.1) is 0 Å². The Morgan fingerprint density at radius 3 is 3.08 bits per heavy atom. The fourth-order valence-electron chi connectivity index (χ4n) is 2.48. The molecule has 3 heterocycles. The molecule has 0 N–H and O–H groups in total. The smallest absolute Gasteiger partial charge is 0.345 e. The molecule has 0 radical (unpaired) electrons. The van der Waals surface area contributed by atoms with E-state index in [-0.39, 0.29) is 0 Å². The third kappa shape index (κ3) is 2.40. The van der Waals surface area contributed by atoms with Crippen LogP contribution in [-0.4, -0.2) is 33.4 Å². The summed E-state index contributed by atoms with van der Waals surface area (Å²) in [6, 6.07) is 7.24. The van der Waals surface area contributed by atoms with E-state index in [1.807, 2.05) is 12.1 Å². The summed E-state index contributed by atoms with van der Waals surface area (Å²) in [7, 11) is 1.54. The van der Waals surface area contributed by atoms with E-state index < -0.39 is 5.63 Å². The second-order valence-electron chi connectivity index (χ2n) is 5.03. The Kier molecular flexibility index (Phi) is 3.81. The molecule has 1 aromatic carbocycles. The van der Waals surface area contributed by atoms with Crippen LogP contribution in [0.1, 0.15) is 11.4 Å². The van der Waals surface area contributed by atoms with Crippen molar-refractivity contribution in [1.82, 2.24) is 14.9 Å². The number of benzene rings is 1. The van der Waals surface area contributed by atoms with Gasteiger partial charge in [-0.15, -0.1) is 10.2 Å². The lowest BCUT2D eigenvalue weighted by Crippen LogP contribution is -2.21. The first-order valence-corrected chi connectivity index (χ1v) is 8.70. The fourth-order valence-corrected chi connectivity index (χ4v) is 3.52. The highest BCUT2D eigenvalue weighted by molar-refractivity contribution is 7.99. The van der Waals surface area contributed by atoms with Crippen molar-refractivity contribution < 1.29 is 9.15 Å². The number of para-hydroxylation sites is 1. The first-order valence-electron chi connectivity index (χ1n) is 7.08. The SMILES string of the molecule is COc1cccc2cc(C3=Nn4c(CS)nnc4SC3)c(=O)oc12. The summed E-state index contributed by atoms with van der Waals surface area (Å²) < 4.78 is 12.3. The first kappa shape index (κ1) is 15.3. The summed E-state index contributed by atoms with van der Waals surface area (Å²) in [5.41, 5.74) is 1.02. The van der Waals surface area contributed by atoms with Crippen LogP contribution < -0.4 is 10.4 Å². The number of ether oxygens (including phenoxy) is 1. The van der Waals surface area contributed by atoms with E-state index in [1.165, 1.54) is 18.9 Å². The molecule has 4 rings (SSSR count). The molecular formula is C15H12N4O3S2. The number of nitrogens with zero attached hydrogens (tertiary/aromatic N) is 4. The van der Waals surface area contributed by atoms with E-state index in [1.54, 1.807) is 16.8 Å². The Bertz CT molecular complexity index is 1030. The Morgan fingerprint density at radius 1 is 1.42 bits per heavy atom. The second kappa shape index (κ2) is 5.99. The quantitative estimate of drug-likeness (QED) is 0.569. The number of rotatable bonds is 3. The molecule has 1 aliphatic heterocycles. The van der Waals surface area contributed by atoms with Crippen molar-refractivity contribution in [3.8, 4) is 5.75 Å². The molecular weight excluding hydrogens is 348 g/mol. The van der Waals surface area contributed by atoms with Crippen LogP contribution in [0.5, 0.6) is 5.75 Å². The van der Waals surface area contributed by atoms with Crippen LogP contribution in [0.4, 0.5) is 0 Å². The maximum Gasteiger partial charge on any atom is 0.345 e. The summed E-state index contributed by atoms with van der Waals surface area (Å²) in [4.78, 5) is 12.4. The highest BCUT2D eigenvalue weighted by Gasteiger charge is 2.22. The molecule has 7 nitrogen and oxygen atoms in total. The minimum absolute atomic E-state index is 0.411. The van der Waals surface area contributed by atoms with E-state index in [2.05, 4.69) is 27.9 Å². The van der Waals surface area contributed by atoms with Gasteiger partial charge in [0, 0.05) is 11.1 Å². The molecule has 0 bridgehead atoms. The Morgan fingerprint density at radius 2 is 2.29 bits per heavy atom. The Hall–Kier alpha value is -2.26. The zero-order chi connectivity index (χ0) is 16.7. The van der Waals surface area contributed by atoms with Gasteiger partial charge in [0.05, 0.1) is 24.1 Å². The first-order chi connectivity index (χ1) is 11.7. The van der Waals surface area contributed by atoms with Crippen LogP contribution in [0.3, 0.4) is 0 Å². The summed E-state index contributed by atoms with van der Waals surface area (Å²) in [6.45, 7) is 0. The van der Waals surface area contributed by atoms with Crippen molar-refractivity contribution in [2.75, 3.05) is 12.9 Å². The summed E-state index contributed by atoms with van der Waals surface area (Å²) in [5, 5.41) is 14.1. The molecule has 0 aliphatic carbocycles. The predicted molar refractivity (Wildman–Crippen MR) is 94.4 cm³/mol. The number of thioether (sulfide) groups is 1. The van der Waals surface area contributed by atoms with E-state index >= 15 is 0 Å². The van der Waals surface area contributed by atoms with Gasteiger partial charge in [0.25, 0.3) is 0 Å². The van der Waals surface area contributed by atoms with E-state index in [0.29, 0.717) is 45.1 Å². The van der Waals surface area contributed by atoms with Crippen molar-refractivity contribution in [2.24, 2.45) is 5.10 Å². The molecule has 9 heteroatoms. The number of methoxy groups -OCH3 is 1. The Labute approximate surface area is 146 Å². The van der Waals surface area contributed by atoms with Crippen LogP contribution in [0.2, 0.25) is 0 Å². The molecule has 2 aromatic heterocycles. The summed E-state index contributed by atoms with van der Waals surface area (Å²) in [6.07, 6.45) is 0. The minimum Gasteiger partial charge on any atom is -0.493 e. The third-order valence-corrected chi connectivity index (χ3v) is 4.84. The fraction of sp³-hybridized carbons (Fsp3) is 0.200. The molecule has 0 saturated heterocycles. The van der Waals surface area contributed by atoms with E-state index in [4.69, 9.17) is 9.15 Å². The average Bonchev–Trinajstić information content (AvgIpc) is 3.03. The van der Waals surface area contributed by atoms with Gasteiger partial charge in [-0.1, -0.05) is 23.9 Å². The monoisotopic (exact) mass is 360 g/mol. The van der Waals surface area contributed by atoms with Crippen LogP contribution >= 0.6 is 24.4 Å². The number of hydrogen-bond donors (Lipinski definition) is 1. The molecule has 0 fully saturated rings. The van der Waals surface area contributed by atoms with E-state index in [9.17, 15) is 4.79 Å². The lowest BCUT2D eigenvalue weighted by atomic mass is 10.1. The minimum atomic E-state index is -0.449. The maximum atomic E-state index is 12.4. The van der Waals surface area contributed by atoms with Gasteiger partial charge in [-0.25, -0.2) is 4.79 Å². The van der Waals surface area contributed by atoms with Crippen LogP contribution in [0.25, 0.3) is 11.0 Å². The lowest BCUT2D eigenvalue weighted by molar-refractivity contribution is 0.406. The van der Waals surface area contributed by atoms with Gasteiger partial charge in [0.15, 0.2) is 17.2 Å². The van der Waals surface area contributed by atoms with E-state index in [0.717, 1.165) is 5.39 Å². The molecule has 122 valence electrons. The van der Waals surface area contributed by atoms with Crippen molar-refractivity contribution in [3.05, 3.63) is 46.1 Å². The van der Waals surface area contributed by atoms with Crippen molar-refractivity contribution >= 4 is 41.1 Å². The average molecular weight is 360 g/mol. The maximum absolute atomic E-state index is 12.4. The van der Waals surface area contributed by atoms with Gasteiger partial charge < -0.3 is 9.15 Å². The number of thiol groups is 1. The zero-order valence-corrected chi connectivity index (χ0v) is 14.3. The standard InChI is InChI=1S/C15H12N4O3S2/c1-21-11-4-2-3-8-5-9(14(20)22-13(8)11)10-7-24-15-17-16-12(6-23)19(15)18-10/h2-5,23H,6-7H2,1H3. The van der Waals surface area contributed by atoms with Crippen molar-refractivity contribution in [2.45, 2.75) is 10.9 Å². The van der Waals surface area contributed by atoms with Gasteiger partial charge in [0.1, 0.15) is 0 Å². The lowest BCUT2D eigenvalue weighted by Gasteiger charge is -2.13. The Balaban J connectivity index is 1.88. The third-order valence-electron chi connectivity index (χ3n) is 3.63. The topological polar surface area (TPSA) is 82.5 Å². The molecule has 0 saturated carbocycles. The zero-order valence-electron chi connectivity index (χ0n) is 12.6. The summed E-state index contributed by atoms with van der Waals surface area (Å²) in [5.74, 6) is 2.08. The largest absolute Gasteiger partial charge is 0.493 e. The van der Waals surface area contributed by atoms with Gasteiger partial charge in [-0.2, -0.15) is 22.4 Å². The number of hydrogen-bond acceptors (Lipinski definition) is 8. The highest BCUT2D eigenvalue weighted by atomic mass is 32.2. The molecule has 0 unspecified atom stereocenters. The van der Waals surface area contributed by atoms with Gasteiger partial charge in [-0.05, 0) is 12.1 Å². The second-order valence-corrected chi connectivity index (χ2v) is 6.29. The summed E-state index contributed by atoms with van der Waals surface area (Å²) >= 11 is 5.69. The molecule has 1 aliphatic rings. The molecule has 0 atom stereocenters.